The lowest BCUT2D eigenvalue weighted by atomic mass is 10.2. The van der Waals surface area contributed by atoms with Gasteiger partial charge in [-0.1, -0.05) is 0 Å². The van der Waals surface area contributed by atoms with E-state index in [0.717, 1.165) is 139 Å². The highest BCUT2D eigenvalue weighted by Crippen LogP contribution is 2.42. The Bertz CT molecular complexity index is 2080. The second kappa shape index (κ2) is 17.1. The zero-order chi connectivity index (χ0) is 40.3. The monoisotopic (exact) mass is 802 g/mol. The molecule has 0 aliphatic carbocycles. The van der Waals surface area contributed by atoms with E-state index in [4.69, 9.17) is 9.97 Å². The lowest BCUT2D eigenvalue weighted by Crippen LogP contribution is -2.48. The van der Waals surface area contributed by atoms with Gasteiger partial charge in [0.2, 0.25) is 0 Å². The smallest absolute Gasteiger partial charge is 0.329 e. The normalized spacial score (nSPS) is 21.3. The Kier molecular flexibility index (Phi) is 11.2. The van der Waals surface area contributed by atoms with Crippen LogP contribution in [0, 0.1) is 0 Å². The Balaban J connectivity index is 0.000000153. The largest absolute Gasteiger partial charge is 0.366 e. The molecule has 6 aliphatic heterocycles. The summed E-state index contributed by atoms with van der Waals surface area (Å²) >= 11 is 0. The maximum absolute atomic E-state index is 13.3. The number of pyridine rings is 2. The fraction of sp³-hybridized carbons (Fsp3) is 0.512. The maximum atomic E-state index is 13.3. The van der Waals surface area contributed by atoms with Crippen LogP contribution in [0.15, 0.2) is 61.4 Å². The number of hydrogen-bond donors (Lipinski definition) is 3. The fourth-order valence-electron chi connectivity index (χ4n) is 9.10. The van der Waals surface area contributed by atoms with E-state index in [2.05, 4.69) is 98.5 Å². The van der Waals surface area contributed by atoms with Crippen LogP contribution in [0.1, 0.15) is 39.5 Å². The molecule has 310 valence electrons. The third-order valence-corrected chi connectivity index (χ3v) is 12.2. The van der Waals surface area contributed by atoms with Gasteiger partial charge in [-0.05, 0) is 82.5 Å². The fourth-order valence-corrected chi connectivity index (χ4v) is 9.10. The van der Waals surface area contributed by atoms with Gasteiger partial charge in [0.1, 0.15) is 35.9 Å². The van der Waals surface area contributed by atoms with Gasteiger partial charge in [-0.3, -0.25) is 25.3 Å². The second-order valence-electron chi connectivity index (χ2n) is 16.2. The quantitative estimate of drug-likeness (QED) is 0.267. The molecule has 0 spiro atoms. The van der Waals surface area contributed by atoms with E-state index in [1.165, 1.54) is 12.7 Å². The Labute approximate surface area is 345 Å². The first-order valence-corrected chi connectivity index (χ1v) is 21.1. The van der Waals surface area contributed by atoms with E-state index in [1.54, 1.807) is 24.5 Å². The highest BCUT2D eigenvalue weighted by molar-refractivity contribution is 6.05. The standard InChI is InChI=1S/C22H30N8O.C19H24N8O/c1-16(2)27-9-3-10-28(13-12-27)20-5-4-18-21(26-20)30(17-7-11-29(18)14-17)22(31)25-19-6-8-23-15-24-19;28-19(23-16-4-7-21-13-22-16)27-14-5-10-26(12-14)15-2-3-17(24-18(15)27)25-9-1-6-20-8-11-25/h4-6,8,15-17H,3,7,9-14H2,1-2H3,(H,23,24,25,31);2-4,7,13-14,20H,1,5-6,8-12H2,(H,21,22,23,28)/t17-;14-/m00/s1. The van der Waals surface area contributed by atoms with Gasteiger partial charge in [-0.2, -0.15) is 0 Å². The van der Waals surface area contributed by atoms with Crippen molar-refractivity contribution in [3.63, 3.8) is 0 Å². The number of hydrogen-bond acceptors (Lipinski definition) is 14. The molecule has 0 aromatic carbocycles. The van der Waals surface area contributed by atoms with Crippen LogP contribution in [0.25, 0.3) is 0 Å². The Hall–Kier alpha value is -5.88. The second-order valence-corrected chi connectivity index (χ2v) is 16.2. The molecule has 4 aromatic rings. The minimum atomic E-state index is -0.186. The van der Waals surface area contributed by atoms with Crippen molar-refractivity contribution in [2.45, 2.75) is 57.7 Å². The summed E-state index contributed by atoms with van der Waals surface area (Å²) in [5.74, 6) is 4.38. The van der Waals surface area contributed by atoms with Crippen molar-refractivity contribution in [1.82, 2.24) is 40.1 Å². The van der Waals surface area contributed by atoms with E-state index >= 15 is 0 Å². The predicted molar refractivity (Wildman–Crippen MR) is 230 cm³/mol. The van der Waals surface area contributed by atoms with E-state index in [9.17, 15) is 9.59 Å². The molecule has 4 fully saturated rings. The molecule has 10 heterocycles. The van der Waals surface area contributed by atoms with Crippen LogP contribution in [0.5, 0.6) is 0 Å². The molecule has 6 aliphatic rings. The number of carbonyl (C=O) groups is 2. The van der Waals surface area contributed by atoms with Crippen LogP contribution in [0.2, 0.25) is 0 Å². The van der Waals surface area contributed by atoms with Crippen molar-refractivity contribution < 1.29 is 9.59 Å². The summed E-state index contributed by atoms with van der Waals surface area (Å²) in [6.45, 7) is 16.0. The van der Waals surface area contributed by atoms with Crippen LogP contribution in [0.4, 0.5) is 55.9 Å². The van der Waals surface area contributed by atoms with Crippen molar-refractivity contribution in [2.24, 2.45) is 0 Å². The van der Waals surface area contributed by atoms with Gasteiger partial charge in [0.05, 0.1) is 23.5 Å². The number of carbonyl (C=O) groups excluding carboxylic acids is 2. The van der Waals surface area contributed by atoms with Crippen LogP contribution < -0.4 is 45.3 Å². The average Bonchev–Trinajstić information content (AvgIpc) is 3.63. The molecule has 4 bridgehead atoms. The minimum absolute atomic E-state index is 0.123. The Morgan fingerprint density at radius 1 is 0.627 bits per heavy atom. The minimum Gasteiger partial charge on any atom is -0.366 e. The molecular weight excluding hydrogens is 749 g/mol. The van der Waals surface area contributed by atoms with Crippen molar-refractivity contribution in [1.29, 1.82) is 0 Å². The Morgan fingerprint density at radius 3 is 1.73 bits per heavy atom. The molecule has 4 amide bonds. The summed E-state index contributed by atoms with van der Waals surface area (Å²) in [5, 5.41) is 9.24. The number of anilines is 8. The third kappa shape index (κ3) is 8.23. The first-order chi connectivity index (χ1) is 28.9. The van der Waals surface area contributed by atoms with Gasteiger partial charge >= 0.3 is 12.1 Å². The lowest BCUT2D eigenvalue weighted by molar-refractivity contribution is 0.238. The number of amides is 4. The van der Waals surface area contributed by atoms with Gasteiger partial charge in [-0.25, -0.2) is 39.5 Å². The van der Waals surface area contributed by atoms with Gasteiger partial charge in [0.15, 0.2) is 11.6 Å². The number of rotatable bonds is 5. The summed E-state index contributed by atoms with van der Waals surface area (Å²) in [5.41, 5.74) is 2.07. The number of nitrogens with zero attached hydrogens (tertiary/aromatic N) is 13. The van der Waals surface area contributed by atoms with E-state index in [-0.39, 0.29) is 24.1 Å². The molecule has 2 atom stereocenters. The summed E-state index contributed by atoms with van der Waals surface area (Å²) in [7, 11) is 0. The summed E-state index contributed by atoms with van der Waals surface area (Å²) in [6.07, 6.45) is 10.2. The number of urea groups is 2. The molecule has 0 unspecified atom stereocenters. The number of nitrogens with one attached hydrogen (secondary N) is 3. The molecule has 4 saturated heterocycles. The maximum Gasteiger partial charge on any atom is 0.329 e. The summed E-state index contributed by atoms with van der Waals surface area (Å²) < 4.78 is 0. The van der Waals surface area contributed by atoms with Crippen molar-refractivity contribution >= 4 is 58.3 Å². The predicted octanol–water partition coefficient (Wildman–Crippen LogP) is 3.73. The molecule has 3 N–H and O–H groups in total. The van der Waals surface area contributed by atoms with Crippen molar-refractivity contribution in [2.75, 3.05) is 119 Å². The zero-order valence-corrected chi connectivity index (χ0v) is 33.9. The lowest BCUT2D eigenvalue weighted by Gasteiger charge is -2.36. The van der Waals surface area contributed by atoms with Gasteiger partial charge in [-0.15, -0.1) is 0 Å². The third-order valence-electron chi connectivity index (χ3n) is 12.2. The topological polar surface area (TPSA) is 170 Å². The first-order valence-electron chi connectivity index (χ1n) is 21.1. The summed E-state index contributed by atoms with van der Waals surface area (Å²) in [4.78, 5) is 68.0. The number of aromatic nitrogens is 6. The van der Waals surface area contributed by atoms with E-state index < -0.39 is 0 Å². The molecule has 18 heteroatoms. The molecular formula is C41H54N16O2. The van der Waals surface area contributed by atoms with E-state index in [0.29, 0.717) is 17.7 Å². The summed E-state index contributed by atoms with van der Waals surface area (Å²) in [6, 6.07) is 12.3. The van der Waals surface area contributed by atoms with Crippen LogP contribution in [-0.4, -0.2) is 144 Å². The van der Waals surface area contributed by atoms with Gasteiger partial charge in [0.25, 0.3) is 0 Å². The molecule has 18 nitrogen and oxygen atoms in total. The zero-order valence-electron chi connectivity index (χ0n) is 33.9. The van der Waals surface area contributed by atoms with Crippen molar-refractivity contribution in [3.8, 4) is 0 Å². The average molecular weight is 803 g/mol. The SMILES string of the molecule is CC(C)N1CCCN(c2ccc3c(n2)N(C(=O)Nc2ccncn2)[C@H]2CCN3C2)CC1.O=C(Nc1ccncn1)N1c2nc(N3CCCNCC3)ccc2N2CC[C@H]1C2. The van der Waals surface area contributed by atoms with Crippen LogP contribution >= 0.6 is 0 Å². The van der Waals surface area contributed by atoms with Crippen LogP contribution in [0.3, 0.4) is 0 Å². The first kappa shape index (κ1) is 38.6. The van der Waals surface area contributed by atoms with E-state index in [1.807, 2.05) is 9.80 Å². The highest BCUT2D eigenvalue weighted by Gasteiger charge is 2.42. The molecule has 0 radical (unpaired) electrons. The van der Waals surface area contributed by atoms with Gasteiger partial charge in [0, 0.05) is 90.4 Å². The van der Waals surface area contributed by atoms with Gasteiger partial charge < -0.3 is 24.9 Å². The van der Waals surface area contributed by atoms with Crippen LogP contribution in [-0.2, 0) is 0 Å². The number of fused-ring (bicyclic) bond motifs is 8. The molecule has 59 heavy (non-hydrogen) atoms. The molecule has 4 aromatic heterocycles. The molecule has 10 rings (SSSR count). The highest BCUT2D eigenvalue weighted by atomic mass is 16.2. The molecule has 0 saturated carbocycles. The Morgan fingerprint density at radius 2 is 1.19 bits per heavy atom. The van der Waals surface area contributed by atoms with Crippen molar-refractivity contribution in [3.05, 3.63) is 61.4 Å².